The van der Waals surface area contributed by atoms with Gasteiger partial charge < -0.3 is 10.2 Å². The summed E-state index contributed by atoms with van der Waals surface area (Å²) in [7, 11) is 0. The molecular weight excluding hydrogens is 246 g/mol. The Bertz CT molecular complexity index is 470. The van der Waals surface area contributed by atoms with Gasteiger partial charge in [0.2, 0.25) is 0 Å². The van der Waals surface area contributed by atoms with Gasteiger partial charge in [-0.1, -0.05) is 24.3 Å². The summed E-state index contributed by atoms with van der Waals surface area (Å²) in [5, 5.41) is 17.8. The van der Waals surface area contributed by atoms with E-state index in [0.29, 0.717) is 0 Å². The number of hydrogen-bond acceptors (Lipinski definition) is 3. The van der Waals surface area contributed by atoms with Crippen molar-refractivity contribution < 1.29 is 19.8 Å². The van der Waals surface area contributed by atoms with Gasteiger partial charge in [0, 0.05) is 6.04 Å². The standard InChI is InChI=1S/C14H17NO4/c16-13(17)8-15(9-14(18)19)12-6-5-10-3-1-2-4-11(10)7-12/h1-4,12H,5-9H2,(H,16,17)(H,18,19). The average molecular weight is 263 g/mol. The van der Waals surface area contributed by atoms with E-state index in [2.05, 4.69) is 6.07 Å². The SMILES string of the molecule is O=C(O)CN(CC(=O)O)C1CCc2ccccc2C1. The van der Waals surface area contributed by atoms with Crippen LogP contribution in [-0.4, -0.2) is 46.2 Å². The van der Waals surface area contributed by atoms with Gasteiger partial charge in [-0.15, -0.1) is 0 Å². The Balaban J connectivity index is 2.11. The number of rotatable bonds is 5. The number of benzene rings is 1. The molecule has 1 aromatic rings. The minimum atomic E-state index is -0.986. The molecule has 0 fully saturated rings. The Morgan fingerprint density at radius 3 is 2.26 bits per heavy atom. The maximum Gasteiger partial charge on any atom is 0.317 e. The molecule has 5 heteroatoms. The molecule has 0 amide bonds. The molecule has 0 aliphatic heterocycles. The molecule has 0 radical (unpaired) electrons. The molecule has 0 saturated carbocycles. The number of fused-ring (bicyclic) bond motifs is 1. The molecule has 102 valence electrons. The summed E-state index contributed by atoms with van der Waals surface area (Å²) in [5.41, 5.74) is 2.48. The van der Waals surface area contributed by atoms with Gasteiger partial charge in [-0.3, -0.25) is 14.5 Å². The van der Waals surface area contributed by atoms with Gasteiger partial charge in [-0.25, -0.2) is 0 Å². The zero-order valence-electron chi connectivity index (χ0n) is 10.6. The summed E-state index contributed by atoms with van der Waals surface area (Å²) < 4.78 is 0. The molecule has 0 aromatic heterocycles. The van der Waals surface area contributed by atoms with E-state index in [1.165, 1.54) is 11.1 Å². The second-order valence-corrected chi connectivity index (χ2v) is 4.86. The molecular formula is C14H17NO4. The lowest BCUT2D eigenvalue weighted by molar-refractivity contribution is -0.143. The third kappa shape index (κ3) is 3.54. The topological polar surface area (TPSA) is 77.8 Å². The highest BCUT2D eigenvalue weighted by Gasteiger charge is 2.26. The Kier molecular flexibility index (Phi) is 4.16. The van der Waals surface area contributed by atoms with Crippen molar-refractivity contribution in [2.45, 2.75) is 25.3 Å². The van der Waals surface area contributed by atoms with Crippen molar-refractivity contribution in [1.82, 2.24) is 4.90 Å². The predicted molar refractivity (Wildman–Crippen MR) is 69.1 cm³/mol. The molecule has 19 heavy (non-hydrogen) atoms. The van der Waals surface area contributed by atoms with Crippen LogP contribution in [0.5, 0.6) is 0 Å². The van der Waals surface area contributed by atoms with Crippen molar-refractivity contribution in [1.29, 1.82) is 0 Å². The van der Waals surface area contributed by atoms with Crippen molar-refractivity contribution >= 4 is 11.9 Å². The van der Waals surface area contributed by atoms with Crippen molar-refractivity contribution in [3.05, 3.63) is 35.4 Å². The second-order valence-electron chi connectivity index (χ2n) is 4.86. The largest absolute Gasteiger partial charge is 0.480 e. The fourth-order valence-corrected chi connectivity index (χ4v) is 2.65. The lowest BCUT2D eigenvalue weighted by Crippen LogP contribution is -2.44. The van der Waals surface area contributed by atoms with Gasteiger partial charge in [0.05, 0.1) is 13.1 Å². The highest BCUT2D eigenvalue weighted by molar-refractivity contribution is 5.72. The van der Waals surface area contributed by atoms with Crippen LogP contribution in [-0.2, 0) is 22.4 Å². The lowest BCUT2D eigenvalue weighted by Gasteiger charge is -2.33. The highest BCUT2D eigenvalue weighted by Crippen LogP contribution is 2.24. The van der Waals surface area contributed by atoms with Crippen LogP contribution in [0.25, 0.3) is 0 Å². The molecule has 2 N–H and O–H groups in total. The molecule has 1 aliphatic rings. The monoisotopic (exact) mass is 263 g/mol. The van der Waals surface area contributed by atoms with Crippen LogP contribution in [0, 0.1) is 0 Å². The summed E-state index contributed by atoms with van der Waals surface area (Å²) >= 11 is 0. The summed E-state index contributed by atoms with van der Waals surface area (Å²) in [6, 6.07) is 8.04. The molecule has 1 unspecified atom stereocenters. The van der Waals surface area contributed by atoms with E-state index in [-0.39, 0.29) is 19.1 Å². The van der Waals surface area contributed by atoms with Crippen molar-refractivity contribution in [3.63, 3.8) is 0 Å². The number of hydrogen-bond donors (Lipinski definition) is 2. The zero-order valence-corrected chi connectivity index (χ0v) is 10.6. The smallest absolute Gasteiger partial charge is 0.317 e. The van der Waals surface area contributed by atoms with E-state index in [0.717, 1.165) is 19.3 Å². The Morgan fingerprint density at radius 1 is 1.11 bits per heavy atom. The summed E-state index contributed by atoms with van der Waals surface area (Å²) in [6.07, 6.45) is 2.39. The molecule has 1 atom stereocenters. The molecule has 5 nitrogen and oxygen atoms in total. The van der Waals surface area contributed by atoms with E-state index in [4.69, 9.17) is 10.2 Å². The molecule has 0 heterocycles. The Morgan fingerprint density at radius 2 is 1.68 bits per heavy atom. The summed E-state index contributed by atoms with van der Waals surface area (Å²) in [6.45, 7) is -0.446. The highest BCUT2D eigenvalue weighted by atomic mass is 16.4. The van der Waals surface area contributed by atoms with Gasteiger partial charge in [0.1, 0.15) is 0 Å². The van der Waals surface area contributed by atoms with Gasteiger partial charge >= 0.3 is 11.9 Å². The fraction of sp³-hybridized carbons (Fsp3) is 0.429. The zero-order chi connectivity index (χ0) is 13.8. The third-order valence-electron chi connectivity index (χ3n) is 3.51. The Labute approximate surface area is 111 Å². The minimum Gasteiger partial charge on any atom is -0.480 e. The fourth-order valence-electron chi connectivity index (χ4n) is 2.65. The quantitative estimate of drug-likeness (QED) is 0.829. The van der Waals surface area contributed by atoms with Crippen molar-refractivity contribution in [2.75, 3.05) is 13.1 Å². The number of carboxylic acid groups (broad SMARTS) is 2. The number of aryl methyl sites for hydroxylation is 1. The van der Waals surface area contributed by atoms with Crippen LogP contribution >= 0.6 is 0 Å². The number of nitrogens with zero attached hydrogens (tertiary/aromatic N) is 1. The summed E-state index contributed by atoms with van der Waals surface area (Å²) in [4.78, 5) is 23.2. The normalized spacial score (nSPS) is 18.1. The Hall–Kier alpha value is -1.88. The second kappa shape index (κ2) is 5.84. The van der Waals surface area contributed by atoms with E-state index in [1.54, 1.807) is 4.90 Å². The van der Waals surface area contributed by atoms with Crippen molar-refractivity contribution in [3.8, 4) is 0 Å². The van der Waals surface area contributed by atoms with Crippen LogP contribution in [0.15, 0.2) is 24.3 Å². The molecule has 0 spiro atoms. The van der Waals surface area contributed by atoms with Crippen LogP contribution in [0.3, 0.4) is 0 Å². The number of aliphatic carboxylic acids is 2. The van der Waals surface area contributed by atoms with E-state index < -0.39 is 11.9 Å². The third-order valence-corrected chi connectivity index (χ3v) is 3.51. The molecule has 2 rings (SSSR count). The van der Waals surface area contributed by atoms with Gasteiger partial charge in [-0.2, -0.15) is 0 Å². The van der Waals surface area contributed by atoms with Crippen LogP contribution in [0.4, 0.5) is 0 Å². The van der Waals surface area contributed by atoms with Crippen LogP contribution in [0.1, 0.15) is 17.5 Å². The summed E-state index contributed by atoms with van der Waals surface area (Å²) in [5.74, 6) is -1.97. The molecule has 1 aliphatic carbocycles. The van der Waals surface area contributed by atoms with Crippen LogP contribution in [0.2, 0.25) is 0 Å². The first-order valence-corrected chi connectivity index (χ1v) is 6.30. The first-order valence-electron chi connectivity index (χ1n) is 6.30. The maximum atomic E-state index is 10.8. The first-order chi connectivity index (χ1) is 9.06. The van der Waals surface area contributed by atoms with Gasteiger partial charge in [0.15, 0.2) is 0 Å². The van der Waals surface area contributed by atoms with Gasteiger partial charge in [0.25, 0.3) is 0 Å². The predicted octanol–water partition coefficient (Wildman–Crippen LogP) is 1.02. The minimum absolute atomic E-state index is 0.0119. The number of carboxylic acids is 2. The van der Waals surface area contributed by atoms with E-state index >= 15 is 0 Å². The van der Waals surface area contributed by atoms with Gasteiger partial charge in [-0.05, 0) is 30.4 Å². The molecule has 1 aromatic carbocycles. The van der Waals surface area contributed by atoms with E-state index in [1.807, 2.05) is 18.2 Å². The average Bonchev–Trinajstić information content (AvgIpc) is 2.36. The number of carbonyl (C=O) groups is 2. The maximum absolute atomic E-state index is 10.8. The molecule has 0 bridgehead atoms. The van der Waals surface area contributed by atoms with Crippen molar-refractivity contribution in [2.24, 2.45) is 0 Å². The molecule has 0 saturated heterocycles. The first kappa shape index (κ1) is 13.5. The van der Waals surface area contributed by atoms with E-state index in [9.17, 15) is 9.59 Å². The lowest BCUT2D eigenvalue weighted by atomic mass is 9.87. The van der Waals surface area contributed by atoms with Crippen LogP contribution < -0.4 is 0 Å².